The van der Waals surface area contributed by atoms with Gasteiger partial charge in [0.15, 0.2) is 0 Å². The van der Waals surface area contributed by atoms with Crippen LogP contribution in [0.3, 0.4) is 0 Å². The molecule has 2 rings (SSSR count). The molecule has 0 unspecified atom stereocenters. The van der Waals surface area contributed by atoms with Gasteiger partial charge in [-0.05, 0) is 25.3 Å². The van der Waals surface area contributed by atoms with Crippen LogP contribution in [0.15, 0.2) is 18.5 Å². The van der Waals surface area contributed by atoms with Crippen LogP contribution in [0.2, 0.25) is 0 Å². The maximum Gasteiger partial charge on any atom is 0.257 e. The lowest BCUT2D eigenvalue weighted by atomic mass is 10.2. The van der Waals surface area contributed by atoms with Crippen LogP contribution in [0.4, 0.5) is 11.9 Å². The molecule has 21 heavy (non-hydrogen) atoms. The number of hydrogen-bond acceptors (Lipinski definition) is 6. The number of anilines is 2. The molecule has 7 heteroatoms. The van der Waals surface area contributed by atoms with Gasteiger partial charge in [-0.3, -0.25) is 0 Å². The van der Waals surface area contributed by atoms with E-state index >= 15 is 0 Å². The van der Waals surface area contributed by atoms with Crippen molar-refractivity contribution in [1.82, 2.24) is 24.7 Å². The van der Waals surface area contributed by atoms with Crippen LogP contribution >= 0.6 is 0 Å². The molecule has 2 aromatic rings. The van der Waals surface area contributed by atoms with E-state index in [2.05, 4.69) is 51.5 Å². The lowest BCUT2D eigenvalue weighted by Crippen LogP contribution is -2.21. The molecule has 0 radical (unpaired) electrons. The van der Waals surface area contributed by atoms with Gasteiger partial charge in [0.05, 0.1) is 0 Å². The Morgan fingerprint density at radius 1 is 1.10 bits per heavy atom. The second-order valence-corrected chi connectivity index (χ2v) is 4.82. The molecule has 114 valence electrons. The molecule has 2 aromatic heterocycles. The second-order valence-electron chi connectivity index (χ2n) is 4.82. The normalized spacial score (nSPS) is 10.9. The minimum Gasteiger partial charge on any atom is -0.354 e. The van der Waals surface area contributed by atoms with Crippen LogP contribution in [0.5, 0.6) is 0 Å². The van der Waals surface area contributed by atoms with E-state index in [-0.39, 0.29) is 0 Å². The van der Waals surface area contributed by atoms with E-state index in [1.165, 1.54) is 0 Å². The van der Waals surface area contributed by atoms with E-state index in [0.717, 1.165) is 25.8 Å². The highest BCUT2D eigenvalue weighted by atomic mass is 15.4. The molecular weight excluding hydrogens is 266 g/mol. The third-order valence-corrected chi connectivity index (χ3v) is 3.18. The smallest absolute Gasteiger partial charge is 0.257 e. The first-order valence-corrected chi connectivity index (χ1v) is 7.53. The first-order valence-electron chi connectivity index (χ1n) is 7.53. The molecule has 0 spiro atoms. The summed E-state index contributed by atoms with van der Waals surface area (Å²) in [4.78, 5) is 13.3. The summed E-state index contributed by atoms with van der Waals surface area (Å²) in [5.41, 5.74) is 0. The quantitative estimate of drug-likeness (QED) is 0.777. The summed E-state index contributed by atoms with van der Waals surface area (Å²) < 4.78 is 1.64. The van der Waals surface area contributed by atoms with Crippen LogP contribution in [0, 0.1) is 0 Å². The highest BCUT2D eigenvalue weighted by molar-refractivity contribution is 5.38. The van der Waals surface area contributed by atoms with Gasteiger partial charge < -0.3 is 10.6 Å². The van der Waals surface area contributed by atoms with Gasteiger partial charge in [-0.15, -0.1) is 0 Å². The van der Waals surface area contributed by atoms with Crippen molar-refractivity contribution < 1.29 is 0 Å². The fraction of sp³-hybridized carbons (Fsp3) is 0.571. The zero-order valence-electron chi connectivity index (χ0n) is 12.9. The molecule has 2 heterocycles. The highest BCUT2D eigenvalue weighted by Crippen LogP contribution is 2.12. The molecular formula is C14H23N7. The maximum absolute atomic E-state index is 4.45. The van der Waals surface area contributed by atoms with Crippen molar-refractivity contribution in [3.05, 3.63) is 18.5 Å². The van der Waals surface area contributed by atoms with Crippen molar-refractivity contribution in [3.8, 4) is 5.95 Å². The molecule has 0 aromatic carbocycles. The van der Waals surface area contributed by atoms with E-state index in [0.29, 0.717) is 23.9 Å². The van der Waals surface area contributed by atoms with Gasteiger partial charge in [-0.1, -0.05) is 20.8 Å². The second kappa shape index (κ2) is 7.56. The van der Waals surface area contributed by atoms with Crippen LogP contribution in [0.25, 0.3) is 5.95 Å². The molecule has 0 atom stereocenters. The van der Waals surface area contributed by atoms with E-state index in [1.54, 1.807) is 10.9 Å². The first-order chi connectivity index (χ1) is 10.3. The van der Waals surface area contributed by atoms with Gasteiger partial charge in [0.1, 0.15) is 0 Å². The zero-order chi connectivity index (χ0) is 15.1. The third kappa shape index (κ3) is 4.14. The summed E-state index contributed by atoms with van der Waals surface area (Å²) >= 11 is 0. The third-order valence-electron chi connectivity index (χ3n) is 3.18. The molecule has 7 nitrogen and oxygen atoms in total. The Morgan fingerprint density at radius 2 is 1.86 bits per heavy atom. The SMILES string of the molecule is CCCNc1nc(NC(CC)CC)nc(-n2cccn2)n1. The largest absolute Gasteiger partial charge is 0.354 e. The molecule has 0 aliphatic rings. The Labute approximate surface area is 125 Å². The van der Waals surface area contributed by atoms with E-state index in [9.17, 15) is 0 Å². The topological polar surface area (TPSA) is 80.5 Å². The fourth-order valence-electron chi connectivity index (χ4n) is 1.91. The Bertz CT molecular complexity index is 534. The molecule has 2 N–H and O–H groups in total. The molecule has 0 saturated carbocycles. The van der Waals surface area contributed by atoms with Crippen LogP contribution in [0.1, 0.15) is 40.0 Å². The fourth-order valence-corrected chi connectivity index (χ4v) is 1.91. The van der Waals surface area contributed by atoms with Crippen LogP contribution in [-0.4, -0.2) is 37.3 Å². The molecule has 0 saturated heterocycles. The Balaban J connectivity index is 2.28. The van der Waals surface area contributed by atoms with Gasteiger partial charge in [-0.2, -0.15) is 20.1 Å². The summed E-state index contributed by atoms with van der Waals surface area (Å²) in [6.07, 6.45) is 6.59. The van der Waals surface area contributed by atoms with E-state index in [4.69, 9.17) is 0 Å². The van der Waals surface area contributed by atoms with Gasteiger partial charge in [0.2, 0.25) is 11.9 Å². The van der Waals surface area contributed by atoms with Crippen LogP contribution in [-0.2, 0) is 0 Å². The van der Waals surface area contributed by atoms with Gasteiger partial charge >= 0.3 is 0 Å². The molecule has 0 amide bonds. The summed E-state index contributed by atoms with van der Waals surface area (Å²) in [6.45, 7) is 7.22. The van der Waals surface area contributed by atoms with Gasteiger partial charge in [0, 0.05) is 25.0 Å². The monoisotopic (exact) mass is 289 g/mol. The molecule has 0 aliphatic carbocycles. The summed E-state index contributed by atoms with van der Waals surface area (Å²) in [5.74, 6) is 1.68. The Morgan fingerprint density at radius 3 is 2.48 bits per heavy atom. The number of nitrogens with one attached hydrogen (secondary N) is 2. The van der Waals surface area contributed by atoms with Crippen molar-refractivity contribution in [3.63, 3.8) is 0 Å². The summed E-state index contributed by atoms with van der Waals surface area (Å²) in [5, 5.41) is 10.7. The Hall–Kier alpha value is -2.18. The van der Waals surface area contributed by atoms with Crippen molar-refractivity contribution in [2.24, 2.45) is 0 Å². The molecule has 0 fully saturated rings. The van der Waals surface area contributed by atoms with Crippen molar-refractivity contribution in [2.75, 3.05) is 17.2 Å². The minimum atomic E-state index is 0.358. The predicted octanol–water partition coefficient (Wildman–Crippen LogP) is 2.48. The first kappa shape index (κ1) is 15.2. The highest BCUT2D eigenvalue weighted by Gasteiger charge is 2.11. The van der Waals surface area contributed by atoms with Gasteiger partial charge in [0.25, 0.3) is 5.95 Å². The standard InChI is InChI=1S/C14H23N7/c1-4-8-15-12-18-13(17-11(5-2)6-3)20-14(19-12)21-10-7-9-16-21/h7,9-11H,4-6,8H2,1-3H3,(H2,15,17,18,19,20). The minimum absolute atomic E-state index is 0.358. The van der Waals surface area contributed by atoms with Crippen molar-refractivity contribution in [2.45, 2.75) is 46.1 Å². The van der Waals surface area contributed by atoms with E-state index < -0.39 is 0 Å². The molecule has 0 bridgehead atoms. The molecule has 0 aliphatic heterocycles. The number of aromatic nitrogens is 5. The average Bonchev–Trinajstić information content (AvgIpc) is 3.05. The number of nitrogens with zero attached hydrogens (tertiary/aromatic N) is 5. The Kier molecular flexibility index (Phi) is 5.48. The number of rotatable bonds is 8. The summed E-state index contributed by atoms with van der Waals surface area (Å²) in [7, 11) is 0. The predicted molar refractivity (Wildman–Crippen MR) is 83.7 cm³/mol. The zero-order valence-corrected chi connectivity index (χ0v) is 12.9. The lowest BCUT2D eigenvalue weighted by Gasteiger charge is -2.15. The summed E-state index contributed by atoms with van der Waals surface area (Å²) in [6, 6.07) is 2.20. The number of hydrogen-bond donors (Lipinski definition) is 2. The maximum atomic E-state index is 4.45. The lowest BCUT2D eigenvalue weighted by molar-refractivity contribution is 0.661. The van der Waals surface area contributed by atoms with Gasteiger partial charge in [-0.25, -0.2) is 4.68 Å². The van der Waals surface area contributed by atoms with Crippen molar-refractivity contribution in [1.29, 1.82) is 0 Å². The van der Waals surface area contributed by atoms with Crippen molar-refractivity contribution >= 4 is 11.9 Å². The average molecular weight is 289 g/mol. The van der Waals surface area contributed by atoms with E-state index in [1.807, 2.05) is 12.3 Å². The van der Waals surface area contributed by atoms with Crippen LogP contribution < -0.4 is 10.6 Å².